The van der Waals surface area contributed by atoms with Gasteiger partial charge in [-0.25, -0.2) is 12.7 Å². The Bertz CT molecular complexity index is 313. The maximum Gasteiger partial charge on any atom is 0.215 e. The van der Waals surface area contributed by atoms with Gasteiger partial charge in [0.2, 0.25) is 10.0 Å². The fourth-order valence-electron chi connectivity index (χ4n) is 2.17. The first-order valence-electron chi connectivity index (χ1n) is 6.19. The predicted molar refractivity (Wildman–Crippen MR) is 75.0 cm³/mol. The normalized spacial score (nSPS) is 23.2. The molecular formula is C11H24N2O2S2. The molecule has 0 aromatic carbocycles. The molecule has 2 atom stereocenters. The Labute approximate surface area is 110 Å². The number of hydrogen-bond acceptors (Lipinski definition) is 4. The van der Waals surface area contributed by atoms with Gasteiger partial charge in [0.1, 0.15) is 0 Å². The highest BCUT2D eigenvalue weighted by atomic mass is 32.2. The molecule has 0 saturated carbocycles. The molecule has 0 aliphatic carbocycles. The van der Waals surface area contributed by atoms with Gasteiger partial charge >= 0.3 is 0 Å². The van der Waals surface area contributed by atoms with Crippen molar-refractivity contribution in [2.45, 2.75) is 38.3 Å². The van der Waals surface area contributed by atoms with Crippen LogP contribution in [0.4, 0.5) is 0 Å². The average molecular weight is 280 g/mol. The van der Waals surface area contributed by atoms with Gasteiger partial charge in [-0.2, -0.15) is 11.8 Å². The summed E-state index contributed by atoms with van der Waals surface area (Å²) in [5.74, 6) is 1.11. The second kappa shape index (κ2) is 6.97. The van der Waals surface area contributed by atoms with Gasteiger partial charge < -0.3 is 5.32 Å². The fraction of sp³-hybridized carbons (Fsp3) is 1.00. The highest BCUT2D eigenvalue weighted by Gasteiger charge is 2.29. The van der Waals surface area contributed by atoms with Crippen molar-refractivity contribution in [2.75, 3.05) is 31.4 Å². The molecule has 17 heavy (non-hydrogen) atoms. The Morgan fingerprint density at radius 3 is 2.71 bits per heavy atom. The molecule has 1 fully saturated rings. The van der Waals surface area contributed by atoms with Gasteiger partial charge in [-0.3, -0.25) is 0 Å². The number of hydrogen-bond donors (Lipinski definition) is 1. The number of nitrogens with one attached hydrogen (secondary N) is 1. The van der Waals surface area contributed by atoms with Crippen molar-refractivity contribution in [1.82, 2.24) is 9.62 Å². The lowest BCUT2D eigenvalue weighted by molar-refractivity contribution is 0.382. The van der Waals surface area contributed by atoms with Crippen LogP contribution in [0.5, 0.6) is 0 Å². The largest absolute Gasteiger partial charge is 0.313 e. The second-order valence-corrected chi connectivity index (χ2v) is 7.59. The third-order valence-corrected chi connectivity index (χ3v) is 6.07. The monoisotopic (exact) mass is 280 g/mol. The van der Waals surface area contributed by atoms with Gasteiger partial charge in [-0.05, 0) is 32.1 Å². The summed E-state index contributed by atoms with van der Waals surface area (Å²) in [6.07, 6.45) is 4.95. The first-order chi connectivity index (χ1) is 8.01. The number of nitrogens with zero attached hydrogens (tertiary/aromatic N) is 1. The fourth-order valence-corrected chi connectivity index (χ4v) is 4.81. The van der Waals surface area contributed by atoms with Crippen molar-refractivity contribution in [3.8, 4) is 0 Å². The molecule has 0 aromatic rings. The lowest BCUT2D eigenvalue weighted by Crippen LogP contribution is -2.43. The van der Waals surface area contributed by atoms with Crippen LogP contribution in [0, 0.1) is 0 Å². The van der Waals surface area contributed by atoms with Crippen molar-refractivity contribution in [2.24, 2.45) is 0 Å². The molecule has 1 aliphatic heterocycles. The second-order valence-electron chi connectivity index (χ2n) is 4.61. The van der Waals surface area contributed by atoms with Crippen LogP contribution in [-0.2, 0) is 10.0 Å². The topological polar surface area (TPSA) is 49.4 Å². The van der Waals surface area contributed by atoms with Crippen LogP contribution >= 0.6 is 11.8 Å². The van der Waals surface area contributed by atoms with E-state index in [4.69, 9.17) is 0 Å². The Hall–Kier alpha value is 0.220. The van der Waals surface area contributed by atoms with E-state index in [1.54, 1.807) is 23.1 Å². The summed E-state index contributed by atoms with van der Waals surface area (Å²) < 4.78 is 26.0. The van der Waals surface area contributed by atoms with Crippen molar-refractivity contribution in [1.29, 1.82) is 0 Å². The summed E-state index contributed by atoms with van der Waals surface area (Å²) in [4.78, 5) is 0. The van der Waals surface area contributed by atoms with E-state index in [-0.39, 0.29) is 17.8 Å². The van der Waals surface area contributed by atoms with Crippen LogP contribution in [0.3, 0.4) is 0 Å². The van der Waals surface area contributed by atoms with Gasteiger partial charge in [-0.1, -0.05) is 6.92 Å². The minimum absolute atomic E-state index is 0.122. The molecule has 0 amide bonds. The van der Waals surface area contributed by atoms with Crippen molar-refractivity contribution < 1.29 is 8.42 Å². The average Bonchev–Trinajstić information content (AvgIpc) is 2.76. The van der Waals surface area contributed by atoms with Crippen LogP contribution in [-0.4, -0.2) is 56.2 Å². The molecule has 1 rings (SSSR count). The van der Waals surface area contributed by atoms with Crippen LogP contribution in [0.25, 0.3) is 0 Å². The van der Waals surface area contributed by atoms with Gasteiger partial charge in [-0.15, -0.1) is 0 Å². The summed E-state index contributed by atoms with van der Waals surface area (Å²) >= 11 is 1.70. The Morgan fingerprint density at radius 2 is 2.24 bits per heavy atom. The molecule has 102 valence electrons. The van der Waals surface area contributed by atoms with E-state index >= 15 is 0 Å². The molecule has 4 nitrogen and oxygen atoms in total. The van der Waals surface area contributed by atoms with Gasteiger partial charge in [0.15, 0.2) is 0 Å². The molecule has 1 saturated heterocycles. The highest BCUT2D eigenvalue weighted by molar-refractivity contribution is 7.98. The van der Waals surface area contributed by atoms with Crippen molar-refractivity contribution in [3.63, 3.8) is 0 Å². The minimum atomic E-state index is -3.12. The summed E-state index contributed by atoms with van der Waals surface area (Å²) in [5.41, 5.74) is 0. The summed E-state index contributed by atoms with van der Waals surface area (Å²) in [6, 6.07) is 0.269. The predicted octanol–water partition coefficient (Wildman–Crippen LogP) is 1.14. The highest BCUT2D eigenvalue weighted by Crippen LogP contribution is 2.16. The molecule has 0 bridgehead atoms. The third kappa shape index (κ3) is 4.43. The molecule has 0 radical (unpaired) electrons. The van der Waals surface area contributed by atoms with Gasteiger partial charge in [0.25, 0.3) is 0 Å². The van der Waals surface area contributed by atoms with Crippen LogP contribution in [0.2, 0.25) is 0 Å². The van der Waals surface area contributed by atoms with Crippen molar-refractivity contribution in [3.05, 3.63) is 0 Å². The Balaban J connectivity index is 2.60. The summed E-state index contributed by atoms with van der Waals surface area (Å²) in [6.45, 7) is 2.99. The number of sulfonamides is 1. The zero-order chi connectivity index (χ0) is 12.9. The summed E-state index contributed by atoms with van der Waals surface area (Å²) in [7, 11) is -1.40. The molecule has 0 spiro atoms. The summed E-state index contributed by atoms with van der Waals surface area (Å²) in [5, 5.41) is 3.25. The SMILES string of the molecule is CCC(CSC)N(C)S(=O)(=O)CC1CCCN1. The Kier molecular flexibility index (Phi) is 6.26. The van der Waals surface area contributed by atoms with Crippen molar-refractivity contribution >= 4 is 21.8 Å². The van der Waals surface area contributed by atoms with E-state index in [0.717, 1.165) is 31.6 Å². The smallest absolute Gasteiger partial charge is 0.215 e. The van der Waals surface area contributed by atoms with E-state index < -0.39 is 10.0 Å². The number of thioether (sulfide) groups is 1. The van der Waals surface area contributed by atoms with Gasteiger partial charge in [0.05, 0.1) is 5.75 Å². The van der Waals surface area contributed by atoms with Crippen LogP contribution in [0.15, 0.2) is 0 Å². The molecule has 6 heteroatoms. The van der Waals surface area contributed by atoms with Crippen LogP contribution < -0.4 is 5.32 Å². The minimum Gasteiger partial charge on any atom is -0.313 e. The molecule has 1 aliphatic rings. The molecule has 2 unspecified atom stereocenters. The first-order valence-corrected chi connectivity index (χ1v) is 9.19. The maximum atomic E-state index is 12.2. The lowest BCUT2D eigenvalue weighted by atomic mass is 10.3. The van der Waals surface area contributed by atoms with E-state index in [2.05, 4.69) is 5.32 Å². The molecule has 0 aromatic heterocycles. The Morgan fingerprint density at radius 1 is 1.53 bits per heavy atom. The molecule has 1 N–H and O–H groups in total. The maximum absolute atomic E-state index is 12.2. The molecule has 1 heterocycles. The lowest BCUT2D eigenvalue weighted by Gasteiger charge is -2.27. The van der Waals surface area contributed by atoms with Crippen LogP contribution in [0.1, 0.15) is 26.2 Å². The first kappa shape index (κ1) is 15.3. The van der Waals surface area contributed by atoms with E-state index in [1.165, 1.54) is 0 Å². The van der Waals surface area contributed by atoms with E-state index in [9.17, 15) is 8.42 Å². The zero-order valence-electron chi connectivity index (χ0n) is 11.0. The quantitative estimate of drug-likeness (QED) is 0.760. The number of rotatable bonds is 7. The van der Waals surface area contributed by atoms with Gasteiger partial charge in [0, 0.05) is 24.9 Å². The molecular weight excluding hydrogens is 256 g/mol. The third-order valence-electron chi connectivity index (χ3n) is 3.36. The standard InChI is InChI=1S/C11H24N2O2S2/c1-4-11(8-16-3)13(2)17(14,15)9-10-6-5-7-12-10/h10-12H,4-9H2,1-3H3. The van der Waals surface area contributed by atoms with E-state index in [1.807, 2.05) is 13.2 Å². The zero-order valence-corrected chi connectivity index (χ0v) is 12.6. The van der Waals surface area contributed by atoms with E-state index in [0.29, 0.717) is 0 Å².